The smallest absolute Gasteiger partial charge is 0.274 e. The molecule has 2 N–H and O–H groups in total. The van der Waals surface area contributed by atoms with E-state index >= 15 is 0 Å². The Morgan fingerprint density at radius 1 is 1.30 bits per heavy atom. The maximum atomic E-state index is 12.3. The molecule has 1 heterocycles. The molecular formula is C15H19N3O2. The van der Waals surface area contributed by atoms with Gasteiger partial charge in [0.25, 0.3) is 5.91 Å². The molecule has 0 bridgehead atoms. The van der Waals surface area contributed by atoms with E-state index in [0.29, 0.717) is 18.8 Å². The Kier molecular flexibility index (Phi) is 4.90. The van der Waals surface area contributed by atoms with Crippen LogP contribution in [0.4, 0.5) is 0 Å². The zero-order valence-corrected chi connectivity index (χ0v) is 11.5. The lowest BCUT2D eigenvalue weighted by Crippen LogP contribution is -2.35. The van der Waals surface area contributed by atoms with Gasteiger partial charge in [-0.3, -0.25) is 9.89 Å². The van der Waals surface area contributed by atoms with Gasteiger partial charge in [-0.25, -0.2) is 0 Å². The van der Waals surface area contributed by atoms with Crippen molar-refractivity contribution >= 4 is 5.91 Å². The van der Waals surface area contributed by atoms with Crippen molar-refractivity contribution in [2.24, 2.45) is 0 Å². The van der Waals surface area contributed by atoms with Crippen molar-refractivity contribution in [2.75, 3.05) is 19.7 Å². The molecule has 0 aliphatic rings. The number of hydrogen-bond donors (Lipinski definition) is 2. The van der Waals surface area contributed by atoms with Gasteiger partial charge in [-0.05, 0) is 25.0 Å². The number of benzene rings is 1. The van der Waals surface area contributed by atoms with Crippen LogP contribution in [0.1, 0.15) is 21.7 Å². The number of amides is 1. The van der Waals surface area contributed by atoms with Crippen molar-refractivity contribution in [1.29, 1.82) is 0 Å². The maximum Gasteiger partial charge on any atom is 0.274 e. The maximum absolute atomic E-state index is 12.3. The monoisotopic (exact) mass is 273 g/mol. The lowest BCUT2D eigenvalue weighted by Gasteiger charge is -2.20. The van der Waals surface area contributed by atoms with E-state index in [4.69, 9.17) is 5.11 Å². The second kappa shape index (κ2) is 6.86. The molecule has 106 valence electrons. The van der Waals surface area contributed by atoms with Gasteiger partial charge in [-0.2, -0.15) is 5.10 Å². The van der Waals surface area contributed by atoms with Crippen molar-refractivity contribution < 1.29 is 9.90 Å². The molecule has 2 rings (SSSR count). The average molecular weight is 273 g/mol. The molecule has 0 aliphatic heterocycles. The van der Waals surface area contributed by atoms with Crippen molar-refractivity contribution in [3.63, 3.8) is 0 Å². The standard InChI is InChI=1S/C15H19N3O2/c1-12-11-14(17-16-12)15(20)18(9-10-19)8-7-13-5-3-2-4-6-13/h2-6,11,19H,7-10H2,1H3,(H,16,17). The van der Waals surface area contributed by atoms with Gasteiger partial charge in [0.1, 0.15) is 5.69 Å². The summed E-state index contributed by atoms with van der Waals surface area (Å²) < 4.78 is 0. The topological polar surface area (TPSA) is 69.2 Å². The van der Waals surface area contributed by atoms with Gasteiger partial charge in [-0.15, -0.1) is 0 Å². The molecule has 0 spiro atoms. The molecule has 0 unspecified atom stereocenters. The Bertz CT molecular complexity index is 551. The highest BCUT2D eigenvalue weighted by Crippen LogP contribution is 2.06. The molecule has 0 atom stereocenters. The Morgan fingerprint density at radius 3 is 2.65 bits per heavy atom. The number of rotatable bonds is 6. The minimum atomic E-state index is -0.153. The van der Waals surface area contributed by atoms with Crippen molar-refractivity contribution in [1.82, 2.24) is 15.1 Å². The van der Waals surface area contributed by atoms with E-state index in [-0.39, 0.29) is 12.5 Å². The lowest BCUT2D eigenvalue weighted by molar-refractivity contribution is 0.0718. The van der Waals surface area contributed by atoms with Crippen LogP contribution in [0.3, 0.4) is 0 Å². The zero-order chi connectivity index (χ0) is 14.4. The number of aliphatic hydroxyl groups excluding tert-OH is 1. The number of carbonyl (C=O) groups excluding carboxylic acids is 1. The first-order chi connectivity index (χ1) is 9.70. The summed E-state index contributed by atoms with van der Waals surface area (Å²) in [6.07, 6.45) is 0.760. The number of nitrogens with zero attached hydrogens (tertiary/aromatic N) is 2. The summed E-state index contributed by atoms with van der Waals surface area (Å²) in [5.74, 6) is -0.153. The summed E-state index contributed by atoms with van der Waals surface area (Å²) in [7, 11) is 0. The molecule has 5 heteroatoms. The molecular weight excluding hydrogens is 254 g/mol. The normalized spacial score (nSPS) is 10.5. The van der Waals surface area contributed by atoms with Gasteiger partial charge < -0.3 is 10.0 Å². The number of carbonyl (C=O) groups is 1. The highest BCUT2D eigenvalue weighted by Gasteiger charge is 2.17. The number of hydrogen-bond acceptors (Lipinski definition) is 3. The van der Waals surface area contributed by atoms with Crippen LogP contribution >= 0.6 is 0 Å². The molecule has 20 heavy (non-hydrogen) atoms. The second-order valence-corrected chi connectivity index (χ2v) is 4.69. The van der Waals surface area contributed by atoms with Gasteiger partial charge >= 0.3 is 0 Å². The third-order valence-corrected chi connectivity index (χ3v) is 3.10. The van der Waals surface area contributed by atoms with Gasteiger partial charge in [0.2, 0.25) is 0 Å². The number of aryl methyl sites for hydroxylation is 1. The van der Waals surface area contributed by atoms with Gasteiger partial charge in [0.05, 0.1) is 6.61 Å². The van der Waals surface area contributed by atoms with Crippen LogP contribution in [0, 0.1) is 6.92 Å². The number of aromatic amines is 1. The fraction of sp³-hybridized carbons (Fsp3) is 0.333. The van der Waals surface area contributed by atoms with Crippen LogP contribution < -0.4 is 0 Å². The SMILES string of the molecule is Cc1cc(C(=O)N(CCO)CCc2ccccc2)n[nH]1. The third kappa shape index (κ3) is 3.68. The van der Waals surface area contributed by atoms with Crippen molar-refractivity contribution in [2.45, 2.75) is 13.3 Å². The molecule has 0 saturated heterocycles. The van der Waals surface area contributed by atoms with Crippen LogP contribution in [0.2, 0.25) is 0 Å². The molecule has 1 aromatic heterocycles. The van der Waals surface area contributed by atoms with Gasteiger partial charge in [-0.1, -0.05) is 30.3 Å². The summed E-state index contributed by atoms with van der Waals surface area (Å²) in [5, 5.41) is 15.8. The highest BCUT2D eigenvalue weighted by atomic mass is 16.3. The largest absolute Gasteiger partial charge is 0.395 e. The quantitative estimate of drug-likeness (QED) is 0.835. The Balaban J connectivity index is 2.01. The fourth-order valence-corrected chi connectivity index (χ4v) is 2.03. The fourth-order valence-electron chi connectivity index (χ4n) is 2.03. The number of aliphatic hydroxyl groups is 1. The summed E-state index contributed by atoms with van der Waals surface area (Å²) in [6, 6.07) is 11.7. The summed E-state index contributed by atoms with van der Waals surface area (Å²) in [4.78, 5) is 13.9. The number of aromatic nitrogens is 2. The molecule has 0 radical (unpaired) electrons. The van der Waals surface area contributed by atoms with Gasteiger partial charge in [0.15, 0.2) is 0 Å². The lowest BCUT2D eigenvalue weighted by atomic mass is 10.1. The van der Waals surface area contributed by atoms with Crippen LogP contribution in [0.5, 0.6) is 0 Å². The van der Waals surface area contributed by atoms with E-state index in [9.17, 15) is 4.79 Å². The van der Waals surface area contributed by atoms with Crippen molar-refractivity contribution in [3.05, 3.63) is 53.3 Å². The van der Waals surface area contributed by atoms with Crippen molar-refractivity contribution in [3.8, 4) is 0 Å². The molecule has 5 nitrogen and oxygen atoms in total. The Morgan fingerprint density at radius 2 is 2.05 bits per heavy atom. The molecule has 1 aromatic carbocycles. The minimum absolute atomic E-state index is 0.0517. The third-order valence-electron chi connectivity index (χ3n) is 3.10. The van der Waals surface area contributed by atoms with E-state index in [1.807, 2.05) is 37.3 Å². The predicted molar refractivity (Wildman–Crippen MR) is 76.5 cm³/mol. The molecule has 2 aromatic rings. The van der Waals surface area contributed by atoms with E-state index in [1.54, 1.807) is 11.0 Å². The van der Waals surface area contributed by atoms with E-state index in [0.717, 1.165) is 12.1 Å². The zero-order valence-electron chi connectivity index (χ0n) is 11.5. The van der Waals surface area contributed by atoms with E-state index in [1.165, 1.54) is 5.56 Å². The molecule has 1 amide bonds. The first-order valence-corrected chi connectivity index (χ1v) is 6.67. The Hall–Kier alpha value is -2.14. The Labute approximate surface area is 118 Å². The molecule has 0 aliphatic carbocycles. The van der Waals surface area contributed by atoms with Gasteiger partial charge in [0, 0.05) is 18.8 Å². The predicted octanol–water partition coefficient (Wildman–Crippen LogP) is 1.40. The highest BCUT2D eigenvalue weighted by molar-refractivity contribution is 5.92. The van der Waals surface area contributed by atoms with Crippen LogP contribution in [0.25, 0.3) is 0 Å². The first-order valence-electron chi connectivity index (χ1n) is 6.67. The summed E-state index contributed by atoms with van der Waals surface area (Å²) in [5.41, 5.74) is 2.41. The molecule has 0 saturated carbocycles. The van der Waals surface area contributed by atoms with E-state index < -0.39 is 0 Å². The van der Waals surface area contributed by atoms with Crippen LogP contribution in [0.15, 0.2) is 36.4 Å². The minimum Gasteiger partial charge on any atom is -0.395 e. The second-order valence-electron chi connectivity index (χ2n) is 4.69. The number of H-pyrrole nitrogens is 1. The number of nitrogens with one attached hydrogen (secondary N) is 1. The van der Waals surface area contributed by atoms with E-state index in [2.05, 4.69) is 10.2 Å². The summed E-state index contributed by atoms with van der Waals surface area (Å²) >= 11 is 0. The van der Waals surface area contributed by atoms with Crippen LogP contribution in [-0.2, 0) is 6.42 Å². The van der Waals surface area contributed by atoms with Crippen LogP contribution in [-0.4, -0.2) is 45.8 Å². The first kappa shape index (κ1) is 14.3. The average Bonchev–Trinajstić information content (AvgIpc) is 2.90. The summed E-state index contributed by atoms with van der Waals surface area (Å²) in [6.45, 7) is 2.68. The molecule has 0 fully saturated rings.